The predicted molar refractivity (Wildman–Crippen MR) is 110 cm³/mol. The third kappa shape index (κ3) is 5.75. The monoisotopic (exact) mass is 388 g/mol. The summed E-state index contributed by atoms with van der Waals surface area (Å²) in [5.41, 5.74) is 1.25. The van der Waals surface area contributed by atoms with Crippen molar-refractivity contribution in [3.8, 4) is 5.75 Å². The highest BCUT2D eigenvalue weighted by molar-refractivity contribution is 5.80. The van der Waals surface area contributed by atoms with Gasteiger partial charge in [0.05, 0.1) is 19.6 Å². The minimum Gasteiger partial charge on any atom is -0.496 e. The lowest BCUT2D eigenvalue weighted by Gasteiger charge is -2.38. The van der Waals surface area contributed by atoms with Gasteiger partial charge in [-0.3, -0.25) is 4.79 Å². The Morgan fingerprint density at radius 1 is 1.36 bits per heavy atom. The van der Waals surface area contributed by atoms with E-state index in [1.807, 2.05) is 43.9 Å². The number of methoxy groups -OCH3 is 1. The molecule has 0 saturated carbocycles. The van der Waals surface area contributed by atoms with Gasteiger partial charge in [0, 0.05) is 25.7 Å². The van der Waals surface area contributed by atoms with Crippen LogP contribution < -0.4 is 4.74 Å². The molecule has 1 aliphatic heterocycles. The zero-order valence-corrected chi connectivity index (χ0v) is 17.7. The van der Waals surface area contributed by atoms with Crippen molar-refractivity contribution in [1.82, 2.24) is 9.80 Å². The van der Waals surface area contributed by atoms with Gasteiger partial charge in [0.1, 0.15) is 11.4 Å². The Balaban J connectivity index is 2.05. The fourth-order valence-electron chi connectivity index (χ4n) is 3.32. The molecule has 1 saturated heterocycles. The fraction of sp³-hybridized carbons (Fsp3) is 0.545. The molecule has 1 fully saturated rings. The minimum absolute atomic E-state index is 0.0294. The number of nitrogens with zero attached hydrogens (tertiary/aromatic N) is 2. The summed E-state index contributed by atoms with van der Waals surface area (Å²) >= 11 is 0. The van der Waals surface area contributed by atoms with Gasteiger partial charge in [0.15, 0.2) is 0 Å². The van der Waals surface area contributed by atoms with Gasteiger partial charge in [-0.1, -0.05) is 18.7 Å². The van der Waals surface area contributed by atoms with Crippen LogP contribution in [-0.2, 0) is 16.0 Å². The molecule has 0 aliphatic carbocycles. The number of benzene rings is 1. The number of likely N-dealkylation sites (N-methyl/N-ethyl adjacent to an activating group) is 1. The Bertz CT molecular complexity index is 724. The summed E-state index contributed by atoms with van der Waals surface area (Å²) in [7, 11) is 3.34. The molecule has 0 aromatic heterocycles. The van der Waals surface area contributed by atoms with Crippen LogP contribution in [0.5, 0.6) is 5.75 Å². The normalized spacial score (nSPS) is 17.0. The topological polar surface area (TPSA) is 59.1 Å². The Kier molecular flexibility index (Phi) is 7.11. The highest BCUT2D eigenvalue weighted by atomic mass is 16.6. The van der Waals surface area contributed by atoms with Crippen molar-refractivity contribution in [1.29, 1.82) is 0 Å². The zero-order valence-electron chi connectivity index (χ0n) is 17.7. The Labute approximate surface area is 168 Å². The first-order chi connectivity index (χ1) is 13.1. The van der Waals surface area contributed by atoms with E-state index in [0.717, 1.165) is 24.0 Å². The molecule has 154 valence electrons. The highest BCUT2D eigenvalue weighted by Gasteiger charge is 2.31. The molecule has 0 N–H and O–H groups in total. The lowest BCUT2D eigenvalue weighted by molar-refractivity contribution is -0.132. The van der Waals surface area contributed by atoms with Crippen molar-refractivity contribution in [2.24, 2.45) is 0 Å². The molecule has 0 bridgehead atoms. The minimum atomic E-state index is -0.539. The molecule has 2 rings (SSSR count). The average Bonchev–Trinajstić information content (AvgIpc) is 2.66. The van der Waals surface area contributed by atoms with Gasteiger partial charge >= 0.3 is 6.09 Å². The second kappa shape index (κ2) is 9.13. The highest BCUT2D eigenvalue weighted by Crippen LogP contribution is 2.23. The first kappa shape index (κ1) is 21.8. The van der Waals surface area contributed by atoms with Gasteiger partial charge < -0.3 is 19.3 Å². The second-order valence-corrected chi connectivity index (χ2v) is 8.18. The molecule has 6 heteroatoms. The van der Waals surface area contributed by atoms with Crippen LogP contribution >= 0.6 is 0 Å². The van der Waals surface area contributed by atoms with E-state index in [1.165, 1.54) is 0 Å². The van der Waals surface area contributed by atoms with Crippen molar-refractivity contribution in [3.63, 3.8) is 0 Å². The molecule has 1 aromatic carbocycles. The number of carbonyl (C=O) groups is 2. The van der Waals surface area contributed by atoms with Crippen LogP contribution in [0.1, 0.15) is 44.7 Å². The van der Waals surface area contributed by atoms with E-state index in [-0.39, 0.29) is 24.5 Å². The Morgan fingerprint density at radius 3 is 2.68 bits per heavy atom. The molecule has 0 unspecified atom stereocenters. The first-order valence-corrected chi connectivity index (χ1v) is 9.67. The van der Waals surface area contributed by atoms with Crippen molar-refractivity contribution < 1.29 is 19.1 Å². The van der Waals surface area contributed by atoms with E-state index in [0.29, 0.717) is 18.8 Å². The van der Waals surface area contributed by atoms with Crippen molar-refractivity contribution >= 4 is 18.1 Å². The van der Waals surface area contributed by atoms with E-state index in [4.69, 9.17) is 9.47 Å². The zero-order chi connectivity index (χ0) is 20.9. The summed E-state index contributed by atoms with van der Waals surface area (Å²) < 4.78 is 10.9. The Morgan fingerprint density at radius 2 is 2.07 bits per heavy atom. The lowest BCUT2D eigenvalue weighted by Crippen LogP contribution is -2.51. The number of carbonyl (C=O) groups excluding carboxylic acids is 2. The third-order valence-corrected chi connectivity index (χ3v) is 4.86. The van der Waals surface area contributed by atoms with Crippen molar-refractivity contribution in [2.75, 3.05) is 27.2 Å². The van der Waals surface area contributed by atoms with Crippen LogP contribution in [0.25, 0.3) is 6.08 Å². The second-order valence-electron chi connectivity index (χ2n) is 8.18. The number of amides is 2. The smallest absolute Gasteiger partial charge is 0.410 e. The molecular formula is C22H32N2O4. The number of ether oxygens (including phenoxy) is 2. The molecule has 6 nitrogen and oxygen atoms in total. The average molecular weight is 389 g/mol. The number of hydrogen-bond acceptors (Lipinski definition) is 4. The van der Waals surface area contributed by atoms with Crippen LogP contribution in [0, 0.1) is 0 Å². The molecule has 0 radical (unpaired) electrons. The molecule has 0 spiro atoms. The number of piperidine rings is 1. The molecule has 2 amide bonds. The summed E-state index contributed by atoms with van der Waals surface area (Å²) in [5.74, 6) is 0.722. The van der Waals surface area contributed by atoms with Gasteiger partial charge in [-0.2, -0.15) is 0 Å². The SMILES string of the molecule is C=Cc1ccc(OC)c(CC(=O)N2CCC[C@@H](N(C)C(=O)OC(C)(C)C)C2)c1. The van der Waals surface area contributed by atoms with Crippen LogP contribution in [0.2, 0.25) is 0 Å². The summed E-state index contributed by atoms with van der Waals surface area (Å²) in [6.45, 7) is 10.5. The number of hydrogen-bond donors (Lipinski definition) is 0. The quantitative estimate of drug-likeness (QED) is 0.771. The summed E-state index contributed by atoms with van der Waals surface area (Å²) in [4.78, 5) is 28.7. The lowest BCUT2D eigenvalue weighted by atomic mass is 10.0. The molecular weight excluding hydrogens is 356 g/mol. The molecule has 1 heterocycles. The van der Waals surface area contributed by atoms with Gasteiger partial charge in [0.2, 0.25) is 5.91 Å². The fourth-order valence-corrected chi connectivity index (χ4v) is 3.32. The standard InChI is InChI=1S/C22H32N2O4/c1-7-16-10-11-19(27-6)17(13-16)14-20(25)24-12-8-9-18(15-24)23(5)21(26)28-22(2,3)4/h7,10-11,13,18H,1,8-9,12,14-15H2,2-6H3/t18-/m1/s1. The van der Waals surface area contributed by atoms with E-state index in [1.54, 1.807) is 25.1 Å². The summed E-state index contributed by atoms with van der Waals surface area (Å²) in [6, 6.07) is 5.65. The molecule has 28 heavy (non-hydrogen) atoms. The van der Waals surface area contributed by atoms with E-state index in [9.17, 15) is 9.59 Å². The summed E-state index contributed by atoms with van der Waals surface area (Å²) in [6.07, 6.45) is 3.36. The summed E-state index contributed by atoms with van der Waals surface area (Å²) in [5, 5.41) is 0. The maximum absolute atomic E-state index is 12.9. The van der Waals surface area contributed by atoms with E-state index in [2.05, 4.69) is 6.58 Å². The maximum atomic E-state index is 12.9. The predicted octanol–water partition coefficient (Wildman–Crippen LogP) is 3.74. The van der Waals surface area contributed by atoms with Gasteiger partial charge in [-0.15, -0.1) is 0 Å². The van der Waals surface area contributed by atoms with Crippen LogP contribution in [0.4, 0.5) is 4.79 Å². The van der Waals surface area contributed by atoms with E-state index < -0.39 is 5.60 Å². The van der Waals surface area contributed by atoms with E-state index >= 15 is 0 Å². The molecule has 1 atom stereocenters. The first-order valence-electron chi connectivity index (χ1n) is 9.67. The van der Waals surface area contributed by atoms with Gasteiger partial charge in [0.25, 0.3) is 0 Å². The van der Waals surface area contributed by atoms with Gasteiger partial charge in [-0.05, 0) is 51.3 Å². The van der Waals surface area contributed by atoms with Gasteiger partial charge in [-0.25, -0.2) is 4.79 Å². The largest absolute Gasteiger partial charge is 0.496 e. The Hall–Kier alpha value is -2.50. The number of rotatable bonds is 5. The van der Waals surface area contributed by atoms with Crippen molar-refractivity contribution in [3.05, 3.63) is 35.9 Å². The maximum Gasteiger partial charge on any atom is 0.410 e. The third-order valence-electron chi connectivity index (χ3n) is 4.86. The van der Waals surface area contributed by atoms with Crippen LogP contribution in [0.3, 0.4) is 0 Å². The molecule has 1 aliphatic rings. The number of likely N-dealkylation sites (tertiary alicyclic amines) is 1. The molecule has 1 aromatic rings. The van der Waals surface area contributed by atoms with Crippen LogP contribution in [0.15, 0.2) is 24.8 Å². The van der Waals surface area contributed by atoms with Crippen molar-refractivity contribution in [2.45, 2.75) is 51.7 Å². The van der Waals surface area contributed by atoms with Crippen LogP contribution in [-0.4, -0.2) is 60.7 Å².